The van der Waals surface area contributed by atoms with E-state index in [2.05, 4.69) is 20.4 Å². The first-order valence-corrected chi connectivity index (χ1v) is 10.5. The van der Waals surface area contributed by atoms with Crippen molar-refractivity contribution in [3.8, 4) is 0 Å². The Morgan fingerprint density at radius 1 is 1.17 bits per heavy atom. The van der Waals surface area contributed by atoms with E-state index in [1.807, 2.05) is 6.92 Å². The highest BCUT2D eigenvalue weighted by molar-refractivity contribution is 7.92. The van der Waals surface area contributed by atoms with Crippen LogP contribution in [0.15, 0.2) is 59.9 Å². The summed E-state index contributed by atoms with van der Waals surface area (Å²) in [7, 11) is -0.882. The normalized spacial score (nSPS) is 11.6. The summed E-state index contributed by atoms with van der Waals surface area (Å²) in [4.78, 5) is 20.2. The number of carbonyl (C=O) groups excluding carboxylic acids is 1. The number of anilines is 2. The van der Waals surface area contributed by atoms with Crippen LogP contribution in [0.3, 0.4) is 0 Å². The summed E-state index contributed by atoms with van der Waals surface area (Å²) in [6, 6.07) is 11.8. The minimum atomic E-state index is -3.87. The Hall–Kier alpha value is -3.66. The summed E-state index contributed by atoms with van der Waals surface area (Å²) in [5.41, 5.74) is 3.19. The van der Waals surface area contributed by atoms with Crippen LogP contribution in [0, 0.1) is 6.92 Å². The topological polar surface area (TPSA) is 113 Å². The number of amides is 1. The van der Waals surface area contributed by atoms with Crippen LogP contribution >= 0.6 is 0 Å². The second kappa shape index (κ2) is 7.30. The lowest BCUT2D eigenvalue weighted by Gasteiger charge is -2.21. The van der Waals surface area contributed by atoms with Gasteiger partial charge in [0.05, 0.1) is 28.5 Å². The highest BCUT2D eigenvalue weighted by Crippen LogP contribution is 2.26. The number of carbonyl (C=O) groups is 1. The average molecular weight is 424 g/mol. The van der Waals surface area contributed by atoms with Crippen LogP contribution in [0.2, 0.25) is 0 Å². The SMILES string of the molecule is Cc1ccc(S(=O)(=O)N(C)c2c(C(=O)Nc3ccc4nc[nH]c4c3)cnn2C)cc1. The van der Waals surface area contributed by atoms with Crippen LogP contribution in [0.4, 0.5) is 11.5 Å². The van der Waals surface area contributed by atoms with Crippen LogP contribution in [-0.2, 0) is 17.1 Å². The maximum Gasteiger partial charge on any atom is 0.265 e. The zero-order chi connectivity index (χ0) is 21.5. The molecule has 0 spiro atoms. The first-order chi connectivity index (χ1) is 14.3. The monoisotopic (exact) mass is 424 g/mol. The lowest BCUT2D eigenvalue weighted by Crippen LogP contribution is -2.30. The molecule has 0 radical (unpaired) electrons. The fraction of sp³-hybridized carbons (Fsp3) is 0.150. The van der Waals surface area contributed by atoms with E-state index >= 15 is 0 Å². The molecular weight excluding hydrogens is 404 g/mol. The first kappa shape index (κ1) is 19.6. The number of nitrogens with one attached hydrogen (secondary N) is 2. The van der Waals surface area contributed by atoms with E-state index in [0.717, 1.165) is 20.9 Å². The van der Waals surface area contributed by atoms with Gasteiger partial charge in [-0.25, -0.2) is 13.4 Å². The van der Waals surface area contributed by atoms with Gasteiger partial charge in [-0.15, -0.1) is 0 Å². The first-order valence-electron chi connectivity index (χ1n) is 9.09. The fourth-order valence-electron chi connectivity index (χ4n) is 3.16. The molecule has 0 aliphatic rings. The molecule has 2 N–H and O–H groups in total. The molecule has 4 aromatic rings. The Morgan fingerprint density at radius 2 is 1.90 bits per heavy atom. The van der Waals surface area contributed by atoms with Gasteiger partial charge in [0.15, 0.2) is 5.82 Å². The van der Waals surface area contributed by atoms with Crippen molar-refractivity contribution >= 4 is 38.5 Å². The Balaban J connectivity index is 1.66. The van der Waals surface area contributed by atoms with Crippen LogP contribution in [-0.4, -0.2) is 41.1 Å². The van der Waals surface area contributed by atoms with Gasteiger partial charge >= 0.3 is 0 Å². The number of sulfonamides is 1. The molecule has 0 saturated carbocycles. The largest absolute Gasteiger partial charge is 0.345 e. The van der Waals surface area contributed by atoms with E-state index in [1.165, 1.54) is 30.1 Å². The molecule has 0 atom stereocenters. The predicted molar refractivity (Wildman–Crippen MR) is 114 cm³/mol. The van der Waals surface area contributed by atoms with Crippen LogP contribution in [0.25, 0.3) is 11.0 Å². The highest BCUT2D eigenvalue weighted by Gasteiger charge is 2.28. The summed E-state index contributed by atoms with van der Waals surface area (Å²) in [6.07, 6.45) is 2.92. The molecule has 9 nitrogen and oxygen atoms in total. The Labute approximate surface area is 173 Å². The zero-order valence-corrected chi connectivity index (χ0v) is 17.4. The molecular formula is C20H20N6O3S. The van der Waals surface area contributed by atoms with E-state index < -0.39 is 15.9 Å². The summed E-state index contributed by atoms with van der Waals surface area (Å²) in [5.74, 6) is -0.307. The molecule has 0 aliphatic carbocycles. The summed E-state index contributed by atoms with van der Waals surface area (Å²) in [5, 5.41) is 6.88. The van der Waals surface area contributed by atoms with Crippen LogP contribution < -0.4 is 9.62 Å². The number of hydrogen-bond acceptors (Lipinski definition) is 5. The van der Waals surface area contributed by atoms with Crippen LogP contribution in [0.1, 0.15) is 15.9 Å². The third-order valence-corrected chi connectivity index (χ3v) is 6.57. The number of benzene rings is 2. The molecule has 154 valence electrons. The molecule has 2 aromatic carbocycles. The summed E-state index contributed by atoms with van der Waals surface area (Å²) < 4.78 is 28.6. The summed E-state index contributed by atoms with van der Waals surface area (Å²) in [6.45, 7) is 1.88. The van der Waals surface area contributed by atoms with E-state index in [1.54, 1.807) is 43.7 Å². The Morgan fingerprint density at radius 3 is 2.63 bits per heavy atom. The molecule has 10 heteroatoms. The van der Waals surface area contributed by atoms with E-state index in [-0.39, 0.29) is 16.3 Å². The van der Waals surface area contributed by atoms with E-state index in [9.17, 15) is 13.2 Å². The van der Waals surface area contributed by atoms with Gasteiger partial charge in [-0.3, -0.25) is 13.8 Å². The second-order valence-corrected chi connectivity index (χ2v) is 8.85. The van der Waals surface area contributed by atoms with E-state index in [4.69, 9.17) is 0 Å². The average Bonchev–Trinajstić information content (AvgIpc) is 3.33. The molecule has 0 aliphatic heterocycles. The maximum atomic E-state index is 13.1. The van der Waals surface area contributed by atoms with Gasteiger partial charge in [0.2, 0.25) is 0 Å². The molecule has 2 aromatic heterocycles. The van der Waals surface area contributed by atoms with Crippen molar-refractivity contribution in [3.05, 3.63) is 66.1 Å². The molecule has 0 unspecified atom stereocenters. The minimum absolute atomic E-state index is 0.132. The van der Waals surface area contributed by atoms with Gasteiger partial charge in [-0.05, 0) is 37.3 Å². The molecule has 0 fully saturated rings. The van der Waals surface area contributed by atoms with Crippen molar-refractivity contribution in [1.82, 2.24) is 19.7 Å². The van der Waals surface area contributed by atoms with Gasteiger partial charge in [0.25, 0.3) is 15.9 Å². The number of hydrogen-bond donors (Lipinski definition) is 2. The van der Waals surface area contributed by atoms with Gasteiger partial charge in [-0.1, -0.05) is 17.7 Å². The van der Waals surface area contributed by atoms with Crippen molar-refractivity contribution in [2.45, 2.75) is 11.8 Å². The Kier molecular flexibility index (Phi) is 4.78. The van der Waals surface area contributed by atoms with E-state index in [0.29, 0.717) is 5.69 Å². The molecule has 1 amide bonds. The second-order valence-electron chi connectivity index (χ2n) is 6.88. The third-order valence-electron chi connectivity index (χ3n) is 4.81. The molecule has 0 bridgehead atoms. The maximum absolute atomic E-state index is 13.1. The summed E-state index contributed by atoms with van der Waals surface area (Å²) >= 11 is 0. The van der Waals surface area contributed by atoms with Crippen molar-refractivity contribution in [1.29, 1.82) is 0 Å². The van der Waals surface area contributed by atoms with Crippen molar-refractivity contribution < 1.29 is 13.2 Å². The number of fused-ring (bicyclic) bond motifs is 1. The van der Waals surface area contributed by atoms with Gasteiger partial charge in [0, 0.05) is 19.8 Å². The lowest BCUT2D eigenvalue weighted by atomic mass is 10.2. The lowest BCUT2D eigenvalue weighted by molar-refractivity contribution is 0.102. The number of aromatic nitrogens is 4. The van der Waals surface area contributed by atoms with Crippen molar-refractivity contribution in [2.75, 3.05) is 16.7 Å². The molecule has 30 heavy (non-hydrogen) atoms. The molecule has 4 rings (SSSR count). The third kappa shape index (κ3) is 3.41. The number of imidazole rings is 1. The van der Waals surface area contributed by atoms with Crippen LogP contribution in [0.5, 0.6) is 0 Å². The fourth-order valence-corrected chi connectivity index (χ4v) is 4.40. The number of rotatable bonds is 5. The quantitative estimate of drug-likeness (QED) is 0.511. The van der Waals surface area contributed by atoms with Gasteiger partial charge < -0.3 is 10.3 Å². The minimum Gasteiger partial charge on any atom is -0.345 e. The zero-order valence-electron chi connectivity index (χ0n) is 16.6. The number of aryl methyl sites for hydroxylation is 2. The molecule has 2 heterocycles. The Bertz CT molecular complexity index is 1340. The highest BCUT2D eigenvalue weighted by atomic mass is 32.2. The van der Waals surface area contributed by atoms with Gasteiger partial charge in [0.1, 0.15) is 5.56 Å². The van der Waals surface area contributed by atoms with Gasteiger partial charge in [-0.2, -0.15) is 5.10 Å². The number of H-pyrrole nitrogens is 1. The van der Waals surface area contributed by atoms with Crippen molar-refractivity contribution in [2.24, 2.45) is 7.05 Å². The predicted octanol–water partition coefficient (Wildman–Crippen LogP) is 2.68. The van der Waals surface area contributed by atoms with Crippen molar-refractivity contribution in [3.63, 3.8) is 0 Å². The standard InChI is InChI=1S/C20H20N6O3S/c1-13-4-7-15(8-5-13)30(28,29)26(3)20-16(11-23-25(20)2)19(27)24-14-6-9-17-18(10-14)22-12-21-17/h4-12H,1-3H3,(H,21,22)(H,24,27). The number of nitrogens with zero attached hydrogens (tertiary/aromatic N) is 4. The molecule has 0 saturated heterocycles. The smallest absolute Gasteiger partial charge is 0.265 e. The number of aromatic amines is 1.